The lowest BCUT2D eigenvalue weighted by Gasteiger charge is -2.20. The molecule has 94 valence electrons. The van der Waals surface area contributed by atoms with Gasteiger partial charge < -0.3 is 10.5 Å². The summed E-state index contributed by atoms with van der Waals surface area (Å²) in [5.41, 5.74) is 11.8. The van der Waals surface area contributed by atoms with E-state index in [1.54, 1.807) is 7.11 Å². The Morgan fingerprint density at radius 3 is 2.78 bits per heavy atom. The number of aryl methyl sites for hydroxylation is 2. The maximum atomic E-state index is 6.37. The zero-order valence-corrected chi connectivity index (χ0v) is 10.9. The van der Waals surface area contributed by atoms with Gasteiger partial charge in [-0.1, -0.05) is 6.07 Å². The SMILES string of the molecule is COc1ccc(C)c2c(N)c3c(nc12)CCCC3. The molecule has 0 saturated heterocycles. The van der Waals surface area contributed by atoms with Crippen molar-refractivity contribution in [1.82, 2.24) is 4.98 Å². The van der Waals surface area contributed by atoms with Gasteiger partial charge in [0.05, 0.1) is 7.11 Å². The molecule has 0 aliphatic heterocycles. The molecule has 0 saturated carbocycles. The molecule has 1 aliphatic carbocycles. The van der Waals surface area contributed by atoms with Gasteiger partial charge in [0.2, 0.25) is 0 Å². The minimum absolute atomic E-state index is 0.815. The van der Waals surface area contributed by atoms with E-state index in [9.17, 15) is 0 Å². The fourth-order valence-corrected chi connectivity index (χ4v) is 2.88. The highest BCUT2D eigenvalue weighted by molar-refractivity contribution is 5.98. The molecule has 1 aromatic heterocycles. The first-order valence-corrected chi connectivity index (χ1v) is 6.47. The topological polar surface area (TPSA) is 48.1 Å². The average Bonchev–Trinajstić information content (AvgIpc) is 2.39. The van der Waals surface area contributed by atoms with E-state index in [2.05, 4.69) is 13.0 Å². The number of nitrogen functional groups attached to an aromatic ring is 1. The molecule has 1 aromatic carbocycles. The van der Waals surface area contributed by atoms with Gasteiger partial charge in [-0.05, 0) is 49.8 Å². The Balaban J connectivity index is 2.41. The van der Waals surface area contributed by atoms with Crippen molar-refractivity contribution in [2.45, 2.75) is 32.6 Å². The van der Waals surface area contributed by atoms with Gasteiger partial charge in [-0.15, -0.1) is 0 Å². The lowest BCUT2D eigenvalue weighted by atomic mass is 9.92. The van der Waals surface area contributed by atoms with Crippen LogP contribution in [0.25, 0.3) is 10.9 Å². The number of rotatable bonds is 1. The van der Waals surface area contributed by atoms with Crippen molar-refractivity contribution in [1.29, 1.82) is 0 Å². The third kappa shape index (κ3) is 1.54. The van der Waals surface area contributed by atoms with Crippen molar-refractivity contribution in [2.75, 3.05) is 12.8 Å². The van der Waals surface area contributed by atoms with Crippen LogP contribution in [0.3, 0.4) is 0 Å². The summed E-state index contributed by atoms with van der Waals surface area (Å²) in [5.74, 6) is 0.815. The van der Waals surface area contributed by atoms with Crippen molar-refractivity contribution in [3.63, 3.8) is 0 Å². The number of aromatic nitrogens is 1. The highest BCUT2D eigenvalue weighted by atomic mass is 16.5. The van der Waals surface area contributed by atoms with E-state index in [4.69, 9.17) is 15.5 Å². The van der Waals surface area contributed by atoms with Gasteiger partial charge in [0.1, 0.15) is 11.3 Å². The zero-order valence-electron chi connectivity index (χ0n) is 10.9. The fourth-order valence-electron chi connectivity index (χ4n) is 2.88. The van der Waals surface area contributed by atoms with Gasteiger partial charge in [0.25, 0.3) is 0 Å². The Morgan fingerprint density at radius 1 is 1.22 bits per heavy atom. The molecular weight excluding hydrogens is 224 g/mol. The number of pyridine rings is 1. The fraction of sp³-hybridized carbons (Fsp3) is 0.400. The smallest absolute Gasteiger partial charge is 0.145 e. The summed E-state index contributed by atoms with van der Waals surface area (Å²) < 4.78 is 5.41. The molecule has 0 atom stereocenters. The number of methoxy groups -OCH3 is 1. The molecule has 18 heavy (non-hydrogen) atoms. The van der Waals surface area contributed by atoms with Crippen LogP contribution in [0.1, 0.15) is 29.7 Å². The van der Waals surface area contributed by atoms with E-state index in [1.807, 2.05) is 6.07 Å². The van der Waals surface area contributed by atoms with E-state index in [-0.39, 0.29) is 0 Å². The molecule has 3 rings (SSSR count). The number of ether oxygens (including phenoxy) is 1. The highest BCUT2D eigenvalue weighted by Gasteiger charge is 2.19. The van der Waals surface area contributed by atoms with Crippen LogP contribution in [-0.2, 0) is 12.8 Å². The summed E-state index contributed by atoms with van der Waals surface area (Å²) >= 11 is 0. The maximum Gasteiger partial charge on any atom is 0.145 e. The van der Waals surface area contributed by atoms with Crippen molar-refractivity contribution >= 4 is 16.6 Å². The molecule has 3 nitrogen and oxygen atoms in total. The molecule has 2 N–H and O–H groups in total. The molecule has 3 heteroatoms. The third-order valence-corrected chi connectivity index (χ3v) is 3.85. The Bertz CT molecular complexity index is 620. The van der Waals surface area contributed by atoms with Crippen molar-refractivity contribution in [3.05, 3.63) is 29.0 Å². The molecule has 0 radical (unpaired) electrons. The zero-order chi connectivity index (χ0) is 12.7. The van der Waals surface area contributed by atoms with Crippen LogP contribution in [0.15, 0.2) is 12.1 Å². The van der Waals surface area contributed by atoms with Crippen LogP contribution >= 0.6 is 0 Å². The Hall–Kier alpha value is -1.77. The quantitative estimate of drug-likeness (QED) is 0.836. The molecule has 0 spiro atoms. The number of hydrogen-bond donors (Lipinski definition) is 1. The normalized spacial score (nSPS) is 14.6. The lowest BCUT2D eigenvalue weighted by Crippen LogP contribution is -2.10. The first kappa shape index (κ1) is 11.3. The van der Waals surface area contributed by atoms with Gasteiger partial charge in [-0.25, -0.2) is 4.98 Å². The molecule has 0 fully saturated rings. The van der Waals surface area contributed by atoms with E-state index >= 15 is 0 Å². The second-order valence-corrected chi connectivity index (χ2v) is 4.97. The van der Waals surface area contributed by atoms with Gasteiger partial charge in [-0.3, -0.25) is 0 Å². The lowest BCUT2D eigenvalue weighted by molar-refractivity contribution is 0.418. The van der Waals surface area contributed by atoms with Gasteiger partial charge in [0, 0.05) is 16.8 Å². The molecule has 0 unspecified atom stereocenters. The van der Waals surface area contributed by atoms with Gasteiger partial charge in [0.15, 0.2) is 0 Å². The van der Waals surface area contributed by atoms with Crippen LogP contribution in [0.2, 0.25) is 0 Å². The first-order chi connectivity index (χ1) is 8.72. The monoisotopic (exact) mass is 242 g/mol. The van der Waals surface area contributed by atoms with E-state index in [0.717, 1.165) is 40.9 Å². The second kappa shape index (κ2) is 4.16. The molecular formula is C15H18N2O. The standard InChI is InChI=1S/C15H18N2O/c1-9-7-8-12(18-2)15-13(9)14(16)10-5-3-4-6-11(10)17-15/h7-8H,3-6H2,1-2H3,(H2,16,17). The van der Waals surface area contributed by atoms with E-state index < -0.39 is 0 Å². The van der Waals surface area contributed by atoms with E-state index in [1.165, 1.54) is 24.0 Å². The highest BCUT2D eigenvalue weighted by Crippen LogP contribution is 2.36. The Morgan fingerprint density at radius 2 is 2.00 bits per heavy atom. The molecule has 0 amide bonds. The summed E-state index contributed by atoms with van der Waals surface area (Å²) in [4.78, 5) is 4.80. The first-order valence-electron chi connectivity index (χ1n) is 6.47. The van der Waals surface area contributed by atoms with Crippen LogP contribution < -0.4 is 10.5 Å². The number of anilines is 1. The number of nitrogens with zero attached hydrogens (tertiary/aromatic N) is 1. The Labute approximate surface area is 107 Å². The minimum atomic E-state index is 0.815. The summed E-state index contributed by atoms with van der Waals surface area (Å²) in [6.07, 6.45) is 4.51. The average molecular weight is 242 g/mol. The molecule has 1 aliphatic rings. The summed E-state index contributed by atoms with van der Waals surface area (Å²) in [6, 6.07) is 4.02. The van der Waals surface area contributed by atoms with Crippen LogP contribution in [0.5, 0.6) is 5.75 Å². The van der Waals surface area contributed by atoms with Crippen LogP contribution in [0, 0.1) is 6.92 Å². The van der Waals surface area contributed by atoms with Crippen molar-refractivity contribution in [2.24, 2.45) is 0 Å². The van der Waals surface area contributed by atoms with E-state index in [0.29, 0.717) is 0 Å². The summed E-state index contributed by atoms with van der Waals surface area (Å²) in [5, 5.41) is 1.06. The third-order valence-electron chi connectivity index (χ3n) is 3.85. The van der Waals surface area contributed by atoms with Crippen LogP contribution in [-0.4, -0.2) is 12.1 Å². The molecule has 0 bridgehead atoms. The molecule has 1 heterocycles. The van der Waals surface area contributed by atoms with Gasteiger partial charge >= 0.3 is 0 Å². The predicted octanol–water partition coefficient (Wildman–Crippen LogP) is 3.01. The number of hydrogen-bond acceptors (Lipinski definition) is 3. The summed E-state index contributed by atoms with van der Waals surface area (Å²) in [6.45, 7) is 2.08. The molecule has 2 aromatic rings. The van der Waals surface area contributed by atoms with Crippen molar-refractivity contribution < 1.29 is 4.74 Å². The van der Waals surface area contributed by atoms with Crippen molar-refractivity contribution in [3.8, 4) is 5.75 Å². The number of benzene rings is 1. The maximum absolute atomic E-state index is 6.37. The van der Waals surface area contributed by atoms with Gasteiger partial charge in [-0.2, -0.15) is 0 Å². The number of nitrogens with two attached hydrogens (primary N) is 1. The Kier molecular flexibility index (Phi) is 2.62. The van der Waals surface area contributed by atoms with Crippen LogP contribution in [0.4, 0.5) is 5.69 Å². The largest absolute Gasteiger partial charge is 0.494 e. The number of fused-ring (bicyclic) bond motifs is 2. The second-order valence-electron chi connectivity index (χ2n) is 4.97. The predicted molar refractivity (Wildman–Crippen MR) is 74.1 cm³/mol. The summed E-state index contributed by atoms with van der Waals surface area (Å²) in [7, 11) is 1.68. The minimum Gasteiger partial charge on any atom is -0.494 e.